The lowest BCUT2D eigenvalue weighted by Gasteiger charge is -2.15. The van der Waals surface area contributed by atoms with Gasteiger partial charge in [-0.05, 0) is 29.3 Å². The molecule has 2 nitrogen and oxygen atoms in total. The summed E-state index contributed by atoms with van der Waals surface area (Å²) in [6.07, 6.45) is 0. The largest absolute Gasteiger partial charge is 0.330 e. The van der Waals surface area contributed by atoms with Gasteiger partial charge >= 0.3 is 0 Å². The van der Waals surface area contributed by atoms with E-state index in [0.717, 1.165) is 16.7 Å². The number of hydrogen-bond acceptors (Lipinski definition) is 1. The molecule has 0 aromatic heterocycles. The normalized spacial score (nSPS) is 13.8. The van der Waals surface area contributed by atoms with Crippen molar-refractivity contribution in [3.63, 3.8) is 0 Å². The Morgan fingerprint density at radius 1 is 1.11 bits per heavy atom. The van der Waals surface area contributed by atoms with Gasteiger partial charge in [-0.2, -0.15) is 0 Å². The summed E-state index contributed by atoms with van der Waals surface area (Å²) in [6.45, 7) is 1.29. The van der Waals surface area contributed by atoms with Crippen LogP contribution in [0.1, 0.15) is 21.5 Å². The second-order valence-corrected chi connectivity index (χ2v) is 4.88. The summed E-state index contributed by atoms with van der Waals surface area (Å²) in [5.41, 5.74) is 2.93. The molecular weight excluding hydrogens is 246 g/mol. The monoisotopic (exact) mass is 257 g/mol. The zero-order valence-corrected chi connectivity index (χ0v) is 10.5. The van der Waals surface area contributed by atoms with Crippen LogP contribution in [0.25, 0.3) is 0 Å². The molecule has 0 spiro atoms. The highest BCUT2D eigenvalue weighted by Crippen LogP contribution is 2.26. The highest BCUT2D eigenvalue weighted by Gasteiger charge is 2.27. The molecule has 2 aromatic carbocycles. The van der Waals surface area contributed by atoms with Crippen molar-refractivity contribution in [1.82, 2.24) is 4.90 Å². The molecule has 0 saturated heterocycles. The molecule has 2 aromatic rings. The molecule has 1 amide bonds. The molecule has 0 atom stereocenters. The van der Waals surface area contributed by atoms with Crippen molar-refractivity contribution in [3.8, 4) is 0 Å². The summed E-state index contributed by atoms with van der Waals surface area (Å²) in [5, 5.41) is 0.683. The number of benzene rings is 2. The number of carbonyl (C=O) groups is 1. The van der Waals surface area contributed by atoms with Crippen molar-refractivity contribution in [2.24, 2.45) is 0 Å². The van der Waals surface area contributed by atoms with Crippen LogP contribution in [0.3, 0.4) is 0 Å². The molecule has 0 fully saturated rings. The van der Waals surface area contributed by atoms with E-state index < -0.39 is 0 Å². The van der Waals surface area contributed by atoms with Gasteiger partial charge in [-0.15, -0.1) is 0 Å². The molecule has 0 bridgehead atoms. The summed E-state index contributed by atoms with van der Waals surface area (Å²) in [5.74, 6) is 0.0884. The summed E-state index contributed by atoms with van der Waals surface area (Å²) >= 11 is 5.95. The third kappa shape index (κ3) is 2.00. The van der Waals surface area contributed by atoms with E-state index in [2.05, 4.69) is 0 Å². The maximum atomic E-state index is 12.2. The fourth-order valence-electron chi connectivity index (χ4n) is 2.28. The number of carbonyl (C=O) groups excluding carboxylic acids is 1. The molecule has 18 heavy (non-hydrogen) atoms. The van der Waals surface area contributed by atoms with E-state index in [1.54, 1.807) is 6.07 Å². The number of nitrogens with zero attached hydrogens (tertiary/aromatic N) is 1. The van der Waals surface area contributed by atoms with Crippen molar-refractivity contribution in [2.45, 2.75) is 13.1 Å². The molecule has 90 valence electrons. The SMILES string of the molecule is O=C1c2ccc(Cl)cc2CN1Cc1ccccc1. The van der Waals surface area contributed by atoms with Crippen LogP contribution in [0, 0.1) is 0 Å². The van der Waals surface area contributed by atoms with Crippen molar-refractivity contribution in [1.29, 1.82) is 0 Å². The molecule has 0 unspecified atom stereocenters. The van der Waals surface area contributed by atoms with Gasteiger partial charge in [0.15, 0.2) is 0 Å². The molecule has 0 aliphatic carbocycles. The Balaban J connectivity index is 1.84. The smallest absolute Gasteiger partial charge is 0.254 e. The van der Waals surface area contributed by atoms with Crippen LogP contribution in [-0.2, 0) is 13.1 Å². The number of amides is 1. The fraction of sp³-hybridized carbons (Fsp3) is 0.133. The second kappa shape index (κ2) is 4.46. The average Bonchev–Trinajstić information content (AvgIpc) is 2.67. The first-order valence-electron chi connectivity index (χ1n) is 5.85. The van der Waals surface area contributed by atoms with Crippen molar-refractivity contribution < 1.29 is 4.79 Å². The summed E-state index contributed by atoms with van der Waals surface area (Å²) < 4.78 is 0. The predicted molar refractivity (Wildman–Crippen MR) is 71.5 cm³/mol. The van der Waals surface area contributed by atoms with Gasteiger partial charge in [-0.3, -0.25) is 4.79 Å². The summed E-state index contributed by atoms with van der Waals surface area (Å²) in [4.78, 5) is 14.0. The van der Waals surface area contributed by atoms with Gasteiger partial charge in [0.25, 0.3) is 5.91 Å². The average molecular weight is 258 g/mol. The first-order valence-corrected chi connectivity index (χ1v) is 6.23. The van der Waals surface area contributed by atoms with Crippen LogP contribution in [0.15, 0.2) is 48.5 Å². The molecular formula is C15H12ClNO. The Bertz CT molecular complexity index is 595. The van der Waals surface area contributed by atoms with Crippen LogP contribution >= 0.6 is 11.6 Å². The molecule has 0 saturated carbocycles. The van der Waals surface area contributed by atoms with E-state index in [-0.39, 0.29) is 5.91 Å². The van der Waals surface area contributed by atoms with E-state index in [0.29, 0.717) is 18.1 Å². The highest BCUT2D eigenvalue weighted by molar-refractivity contribution is 6.30. The Hall–Kier alpha value is -1.80. The van der Waals surface area contributed by atoms with Crippen LogP contribution < -0.4 is 0 Å². The molecule has 3 heteroatoms. The number of rotatable bonds is 2. The van der Waals surface area contributed by atoms with Gasteiger partial charge in [0.05, 0.1) is 0 Å². The molecule has 0 N–H and O–H groups in total. The van der Waals surface area contributed by atoms with Crippen LogP contribution in [0.5, 0.6) is 0 Å². The van der Waals surface area contributed by atoms with Crippen LogP contribution in [0.2, 0.25) is 5.02 Å². The minimum absolute atomic E-state index is 0.0884. The molecule has 1 aliphatic rings. The third-order valence-electron chi connectivity index (χ3n) is 3.16. The van der Waals surface area contributed by atoms with Gasteiger partial charge in [-0.25, -0.2) is 0 Å². The number of hydrogen-bond donors (Lipinski definition) is 0. The van der Waals surface area contributed by atoms with Crippen molar-refractivity contribution in [3.05, 3.63) is 70.2 Å². The molecule has 1 aliphatic heterocycles. The lowest BCUT2D eigenvalue weighted by molar-refractivity contribution is 0.0766. The Kier molecular flexibility index (Phi) is 2.80. The van der Waals surface area contributed by atoms with Gasteiger partial charge in [-0.1, -0.05) is 41.9 Å². The second-order valence-electron chi connectivity index (χ2n) is 4.45. The van der Waals surface area contributed by atoms with Gasteiger partial charge in [0.1, 0.15) is 0 Å². The van der Waals surface area contributed by atoms with Crippen molar-refractivity contribution >= 4 is 17.5 Å². The summed E-state index contributed by atoms with van der Waals surface area (Å²) in [7, 11) is 0. The van der Waals surface area contributed by atoms with Crippen molar-refractivity contribution in [2.75, 3.05) is 0 Å². The number of halogens is 1. The standard InChI is InChI=1S/C15H12ClNO/c16-13-6-7-14-12(8-13)10-17(15(14)18)9-11-4-2-1-3-5-11/h1-8H,9-10H2. The maximum Gasteiger partial charge on any atom is 0.254 e. The molecule has 0 radical (unpaired) electrons. The van der Waals surface area contributed by atoms with Gasteiger partial charge < -0.3 is 4.90 Å². The topological polar surface area (TPSA) is 20.3 Å². The Morgan fingerprint density at radius 3 is 2.67 bits per heavy atom. The van der Waals surface area contributed by atoms with Crippen LogP contribution in [0.4, 0.5) is 0 Å². The maximum absolute atomic E-state index is 12.2. The first kappa shape index (κ1) is 11.3. The quantitative estimate of drug-likeness (QED) is 0.806. The van der Waals surface area contributed by atoms with E-state index in [9.17, 15) is 4.79 Å². The lowest BCUT2D eigenvalue weighted by atomic mass is 10.1. The fourth-order valence-corrected chi connectivity index (χ4v) is 2.48. The van der Waals surface area contributed by atoms with E-state index in [4.69, 9.17) is 11.6 Å². The first-order chi connectivity index (χ1) is 8.74. The predicted octanol–water partition coefficient (Wildman–Crippen LogP) is 3.50. The molecule has 3 rings (SSSR count). The Labute approximate surface area is 111 Å². The van der Waals surface area contributed by atoms with Gasteiger partial charge in [0.2, 0.25) is 0 Å². The van der Waals surface area contributed by atoms with E-state index in [1.807, 2.05) is 47.4 Å². The third-order valence-corrected chi connectivity index (χ3v) is 3.40. The van der Waals surface area contributed by atoms with E-state index in [1.165, 1.54) is 0 Å². The number of fused-ring (bicyclic) bond motifs is 1. The zero-order valence-electron chi connectivity index (χ0n) is 9.77. The van der Waals surface area contributed by atoms with E-state index >= 15 is 0 Å². The highest BCUT2D eigenvalue weighted by atomic mass is 35.5. The zero-order chi connectivity index (χ0) is 12.5. The molecule has 1 heterocycles. The van der Waals surface area contributed by atoms with Gasteiger partial charge in [0, 0.05) is 23.7 Å². The van der Waals surface area contributed by atoms with Crippen LogP contribution in [-0.4, -0.2) is 10.8 Å². The minimum Gasteiger partial charge on any atom is -0.330 e. The minimum atomic E-state index is 0.0884. The lowest BCUT2D eigenvalue weighted by Crippen LogP contribution is -2.23. The summed E-state index contributed by atoms with van der Waals surface area (Å²) in [6, 6.07) is 15.5. The Morgan fingerprint density at radius 2 is 1.89 bits per heavy atom.